The number of anilines is 1. The number of halogens is 3. The molecule has 1 aliphatic rings. The first kappa shape index (κ1) is 14.4. The number of amides is 1. The molecule has 4 nitrogen and oxygen atoms in total. The van der Waals surface area contributed by atoms with E-state index in [4.69, 9.17) is 5.21 Å². The van der Waals surface area contributed by atoms with Gasteiger partial charge in [0.2, 0.25) is 5.91 Å². The number of carbonyl (C=O) groups excluding carboxylic acids is 1. The molecule has 0 bridgehead atoms. The molecule has 1 aromatic rings. The van der Waals surface area contributed by atoms with Gasteiger partial charge in [-0.3, -0.25) is 4.79 Å². The zero-order chi connectivity index (χ0) is 14.8. The zero-order valence-corrected chi connectivity index (χ0v) is 10.5. The lowest BCUT2D eigenvalue weighted by molar-refractivity contribution is -0.151. The Morgan fingerprint density at radius 3 is 2.70 bits per heavy atom. The molecular formula is C13H13F3N2O2. The number of fused-ring (bicyclic) bond motifs is 1. The van der Waals surface area contributed by atoms with Crippen molar-refractivity contribution in [1.29, 1.82) is 0 Å². The lowest BCUT2D eigenvalue weighted by Crippen LogP contribution is -2.35. The minimum Gasteiger partial charge on any atom is -0.411 e. The highest BCUT2D eigenvalue weighted by Gasteiger charge is 2.35. The van der Waals surface area contributed by atoms with Gasteiger partial charge in [-0.15, -0.1) is 0 Å². The Balaban J connectivity index is 2.37. The Kier molecular flexibility index (Phi) is 3.96. The van der Waals surface area contributed by atoms with Crippen LogP contribution in [0.4, 0.5) is 18.9 Å². The van der Waals surface area contributed by atoms with Crippen molar-refractivity contribution in [2.45, 2.75) is 25.4 Å². The minimum atomic E-state index is -4.54. The summed E-state index contributed by atoms with van der Waals surface area (Å²) in [5.41, 5.74) is 1.22. The molecule has 7 heteroatoms. The van der Waals surface area contributed by atoms with Crippen LogP contribution in [0.15, 0.2) is 29.4 Å². The number of hydrogen-bond donors (Lipinski definition) is 1. The molecule has 0 spiro atoms. The van der Waals surface area contributed by atoms with Crippen LogP contribution in [0.1, 0.15) is 24.8 Å². The zero-order valence-electron chi connectivity index (χ0n) is 10.5. The molecule has 0 saturated carbocycles. The number of hydrogen-bond acceptors (Lipinski definition) is 3. The average molecular weight is 286 g/mol. The molecule has 1 aliphatic heterocycles. The fraction of sp³-hybridized carbons (Fsp3) is 0.385. The van der Waals surface area contributed by atoms with Crippen LogP contribution in [0, 0.1) is 0 Å². The molecule has 1 amide bonds. The highest BCUT2D eigenvalue weighted by molar-refractivity contribution is 6.09. The average Bonchev–Trinajstić information content (AvgIpc) is 2.55. The molecule has 108 valence electrons. The Labute approximate surface area is 113 Å². The molecule has 2 rings (SSSR count). The second-order valence-corrected chi connectivity index (χ2v) is 4.50. The van der Waals surface area contributed by atoms with E-state index in [1.165, 1.54) is 0 Å². The van der Waals surface area contributed by atoms with Crippen LogP contribution >= 0.6 is 0 Å². The highest BCUT2D eigenvalue weighted by atomic mass is 19.4. The number of nitrogens with zero attached hydrogens (tertiary/aromatic N) is 2. The topological polar surface area (TPSA) is 52.9 Å². The first-order chi connectivity index (χ1) is 9.42. The van der Waals surface area contributed by atoms with E-state index in [1.54, 1.807) is 24.3 Å². The molecule has 20 heavy (non-hydrogen) atoms. The van der Waals surface area contributed by atoms with Gasteiger partial charge in [0.1, 0.15) is 6.42 Å². The van der Waals surface area contributed by atoms with E-state index in [0.29, 0.717) is 29.8 Å². The van der Waals surface area contributed by atoms with E-state index >= 15 is 0 Å². The maximum Gasteiger partial charge on any atom is 0.397 e. The molecule has 1 N–H and O–H groups in total. The fourth-order valence-corrected chi connectivity index (χ4v) is 2.24. The summed E-state index contributed by atoms with van der Waals surface area (Å²) in [5.74, 6) is -0.996. The SMILES string of the molecule is O=C(CC(F)(F)F)N1CCC/C(=N/O)c2ccccc21. The number of rotatable bonds is 1. The first-order valence-corrected chi connectivity index (χ1v) is 6.10. The van der Waals surface area contributed by atoms with Gasteiger partial charge in [0.05, 0.1) is 11.4 Å². The normalized spacial score (nSPS) is 17.8. The quantitative estimate of drug-likeness (QED) is 0.637. The van der Waals surface area contributed by atoms with Crippen molar-refractivity contribution in [2.24, 2.45) is 5.16 Å². The van der Waals surface area contributed by atoms with Gasteiger partial charge in [0, 0.05) is 12.1 Å². The summed E-state index contributed by atoms with van der Waals surface area (Å²) in [5, 5.41) is 12.2. The maximum atomic E-state index is 12.4. The molecule has 1 aromatic carbocycles. The Morgan fingerprint density at radius 2 is 2.05 bits per heavy atom. The number of oxime groups is 1. The third kappa shape index (κ3) is 3.09. The van der Waals surface area contributed by atoms with Gasteiger partial charge in [-0.2, -0.15) is 13.2 Å². The van der Waals surface area contributed by atoms with Gasteiger partial charge in [-0.05, 0) is 18.9 Å². The summed E-state index contributed by atoms with van der Waals surface area (Å²) in [6.07, 6.45) is -5.18. The summed E-state index contributed by atoms with van der Waals surface area (Å²) in [7, 11) is 0. The van der Waals surface area contributed by atoms with Crippen molar-refractivity contribution in [3.63, 3.8) is 0 Å². The second-order valence-electron chi connectivity index (χ2n) is 4.50. The van der Waals surface area contributed by atoms with Crippen molar-refractivity contribution in [2.75, 3.05) is 11.4 Å². The van der Waals surface area contributed by atoms with Gasteiger partial charge in [0.25, 0.3) is 0 Å². The third-order valence-electron chi connectivity index (χ3n) is 3.07. The third-order valence-corrected chi connectivity index (χ3v) is 3.07. The predicted molar refractivity (Wildman–Crippen MR) is 67.0 cm³/mol. The van der Waals surface area contributed by atoms with Crippen LogP contribution < -0.4 is 4.90 Å². The van der Waals surface area contributed by atoms with E-state index in [-0.39, 0.29) is 6.54 Å². The summed E-state index contributed by atoms with van der Waals surface area (Å²) in [4.78, 5) is 12.9. The van der Waals surface area contributed by atoms with Gasteiger partial charge >= 0.3 is 6.18 Å². The van der Waals surface area contributed by atoms with Crippen LogP contribution in [-0.4, -0.2) is 29.5 Å². The van der Waals surface area contributed by atoms with Crippen molar-refractivity contribution >= 4 is 17.3 Å². The first-order valence-electron chi connectivity index (χ1n) is 6.10. The van der Waals surface area contributed by atoms with E-state index in [1.807, 2.05) is 0 Å². The molecular weight excluding hydrogens is 273 g/mol. The van der Waals surface area contributed by atoms with Crippen molar-refractivity contribution in [1.82, 2.24) is 0 Å². The van der Waals surface area contributed by atoms with E-state index in [0.717, 1.165) is 4.90 Å². The van der Waals surface area contributed by atoms with Gasteiger partial charge in [-0.25, -0.2) is 0 Å². The van der Waals surface area contributed by atoms with E-state index in [2.05, 4.69) is 5.16 Å². The summed E-state index contributed by atoms with van der Waals surface area (Å²) in [6, 6.07) is 6.50. The molecule has 0 radical (unpaired) electrons. The molecule has 0 atom stereocenters. The van der Waals surface area contributed by atoms with Crippen LogP contribution in [0.25, 0.3) is 0 Å². The predicted octanol–water partition coefficient (Wildman–Crippen LogP) is 2.94. The molecule has 1 heterocycles. The number of carbonyl (C=O) groups is 1. The number of alkyl halides is 3. The monoisotopic (exact) mass is 286 g/mol. The molecule has 0 saturated heterocycles. The smallest absolute Gasteiger partial charge is 0.397 e. The number of para-hydroxylation sites is 1. The van der Waals surface area contributed by atoms with Crippen LogP contribution in [0.3, 0.4) is 0 Å². The van der Waals surface area contributed by atoms with Crippen LogP contribution in [0.5, 0.6) is 0 Å². The molecule has 0 aliphatic carbocycles. The van der Waals surface area contributed by atoms with Gasteiger partial charge in [0.15, 0.2) is 0 Å². The summed E-state index contributed by atoms with van der Waals surface area (Å²) < 4.78 is 37.1. The molecule has 0 aromatic heterocycles. The summed E-state index contributed by atoms with van der Waals surface area (Å²) in [6.45, 7) is 0.172. The van der Waals surface area contributed by atoms with E-state index in [9.17, 15) is 18.0 Å². The van der Waals surface area contributed by atoms with Crippen LogP contribution in [0.2, 0.25) is 0 Å². The molecule has 0 fully saturated rings. The van der Waals surface area contributed by atoms with Crippen molar-refractivity contribution in [3.8, 4) is 0 Å². The number of benzene rings is 1. The van der Waals surface area contributed by atoms with Crippen LogP contribution in [-0.2, 0) is 4.79 Å². The lowest BCUT2D eigenvalue weighted by Gasteiger charge is -2.23. The second kappa shape index (κ2) is 5.52. The Morgan fingerprint density at radius 1 is 1.35 bits per heavy atom. The van der Waals surface area contributed by atoms with Gasteiger partial charge < -0.3 is 10.1 Å². The largest absolute Gasteiger partial charge is 0.411 e. The van der Waals surface area contributed by atoms with Crippen molar-refractivity contribution in [3.05, 3.63) is 29.8 Å². The summed E-state index contributed by atoms with van der Waals surface area (Å²) >= 11 is 0. The lowest BCUT2D eigenvalue weighted by atomic mass is 10.1. The highest BCUT2D eigenvalue weighted by Crippen LogP contribution is 2.29. The minimum absolute atomic E-state index is 0.172. The van der Waals surface area contributed by atoms with E-state index < -0.39 is 18.5 Å². The fourth-order valence-electron chi connectivity index (χ4n) is 2.24. The Hall–Kier alpha value is -2.05. The van der Waals surface area contributed by atoms with Gasteiger partial charge in [-0.1, -0.05) is 23.4 Å². The maximum absolute atomic E-state index is 12.4. The molecule has 0 unspecified atom stereocenters. The van der Waals surface area contributed by atoms with Crippen molar-refractivity contribution < 1.29 is 23.2 Å². The standard InChI is InChI=1S/C13H13F3N2O2/c14-13(15,16)8-12(19)18-7-3-5-10(17-20)9-4-1-2-6-11(9)18/h1-2,4,6,20H,3,5,7-8H2/b17-10-. The Bertz CT molecular complexity index is 541.